The molecule has 0 saturated heterocycles. The number of aryl methyl sites for hydroxylation is 1. The molecule has 0 amide bonds. The van der Waals surface area contributed by atoms with Crippen molar-refractivity contribution in [3.63, 3.8) is 0 Å². The van der Waals surface area contributed by atoms with E-state index in [0.717, 1.165) is 17.7 Å². The lowest BCUT2D eigenvalue weighted by atomic mass is 9.92. The Balaban J connectivity index is 1.58. The summed E-state index contributed by atoms with van der Waals surface area (Å²) in [5.41, 5.74) is 3.95. The zero-order valence-corrected chi connectivity index (χ0v) is 12.2. The lowest BCUT2D eigenvalue weighted by Gasteiger charge is -2.13. The number of benzene rings is 2. The smallest absolute Gasteiger partial charge is 0.118 e. The second kappa shape index (κ2) is 4.88. The maximum Gasteiger partial charge on any atom is 0.118 e. The fourth-order valence-corrected chi connectivity index (χ4v) is 4.07. The fourth-order valence-electron chi connectivity index (χ4n) is 4.07. The van der Waals surface area contributed by atoms with Crippen LogP contribution < -0.4 is 4.74 Å². The molecule has 0 spiro atoms. The maximum absolute atomic E-state index is 10.7. The zero-order valence-electron chi connectivity index (χ0n) is 12.2. The van der Waals surface area contributed by atoms with E-state index in [9.17, 15) is 5.11 Å². The van der Waals surface area contributed by atoms with Crippen molar-refractivity contribution in [1.29, 1.82) is 0 Å². The summed E-state index contributed by atoms with van der Waals surface area (Å²) in [6.07, 6.45) is 2.00. The summed E-state index contributed by atoms with van der Waals surface area (Å²) in [7, 11) is 1.66. The molecule has 0 radical (unpaired) electrons. The van der Waals surface area contributed by atoms with Crippen LogP contribution >= 0.6 is 0 Å². The molecular weight excluding hydrogens is 260 g/mol. The van der Waals surface area contributed by atoms with Crippen LogP contribution in [0.15, 0.2) is 48.5 Å². The van der Waals surface area contributed by atoms with Crippen molar-refractivity contribution in [2.24, 2.45) is 11.8 Å². The van der Waals surface area contributed by atoms with E-state index in [1.807, 2.05) is 24.3 Å². The van der Waals surface area contributed by atoms with Gasteiger partial charge in [-0.25, -0.2) is 0 Å². The summed E-state index contributed by atoms with van der Waals surface area (Å²) >= 11 is 0. The molecule has 1 N–H and O–H groups in total. The number of fused-ring (bicyclic) bond motifs is 3. The van der Waals surface area contributed by atoms with Crippen molar-refractivity contribution in [3.8, 4) is 5.75 Å². The Hall–Kier alpha value is -1.80. The number of hydrogen-bond acceptors (Lipinski definition) is 2. The molecule has 0 bridgehead atoms. The van der Waals surface area contributed by atoms with Gasteiger partial charge in [-0.15, -0.1) is 0 Å². The average Bonchev–Trinajstić information content (AvgIpc) is 3.29. The molecule has 108 valence electrons. The van der Waals surface area contributed by atoms with Gasteiger partial charge in [0.05, 0.1) is 13.2 Å². The fraction of sp³-hybridized carbons (Fsp3) is 0.368. The highest BCUT2D eigenvalue weighted by Crippen LogP contribution is 2.64. The molecular formula is C19H20O2. The van der Waals surface area contributed by atoms with Crippen molar-refractivity contribution in [2.75, 3.05) is 7.11 Å². The van der Waals surface area contributed by atoms with Crippen molar-refractivity contribution in [2.45, 2.75) is 24.9 Å². The van der Waals surface area contributed by atoms with Crippen molar-refractivity contribution < 1.29 is 9.84 Å². The molecule has 21 heavy (non-hydrogen) atoms. The molecule has 0 heterocycles. The minimum Gasteiger partial charge on any atom is -0.497 e. The monoisotopic (exact) mass is 280 g/mol. The molecule has 2 aromatic carbocycles. The Morgan fingerprint density at radius 1 is 1.10 bits per heavy atom. The Morgan fingerprint density at radius 3 is 2.62 bits per heavy atom. The van der Waals surface area contributed by atoms with Crippen LogP contribution in [0, 0.1) is 11.8 Å². The molecule has 0 aliphatic heterocycles. The second-order valence-corrected chi connectivity index (χ2v) is 6.22. The van der Waals surface area contributed by atoms with Gasteiger partial charge in [0.2, 0.25) is 0 Å². The molecule has 4 rings (SSSR count). The molecule has 1 fully saturated rings. The van der Waals surface area contributed by atoms with Crippen LogP contribution in [0.25, 0.3) is 0 Å². The Kier molecular flexibility index (Phi) is 3.00. The topological polar surface area (TPSA) is 29.5 Å². The van der Waals surface area contributed by atoms with E-state index in [2.05, 4.69) is 24.3 Å². The first kappa shape index (κ1) is 12.9. The summed E-state index contributed by atoms with van der Waals surface area (Å²) < 4.78 is 5.18. The number of ether oxygens (including phenoxy) is 1. The maximum atomic E-state index is 10.7. The summed E-state index contributed by atoms with van der Waals surface area (Å²) in [6, 6.07) is 16.6. The van der Waals surface area contributed by atoms with Gasteiger partial charge < -0.3 is 9.84 Å². The lowest BCUT2D eigenvalue weighted by Crippen LogP contribution is -2.02. The van der Waals surface area contributed by atoms with Gasteiger partial charge in [-0.05, 0) is 59.4 Å². The minimum atomic E-state index is -0.364. The van der Waals surface area contributed by atoms with Crippen LogP contribution in [-0.4, -0.2) is 12.2 Å². The van der Waals surface area contributed by atoms with Gasteiger partial charge in [0.1, 0.15) is 5.75 Å². The molecule has 4 atom stereocenters. The SMILES string of the molecule is COc1ccc(C(O)C2C3CCc4ccccc4C32)cc1. The highest BCUT2D eigenvalue weighted by Gasteiger charge is 2.56. The van der Waals surface area contributed by atoms with E-state index >= 15 is 0 Å². The quantitative estimate of drug-likeness (QED) is 0.929. The predicted molar refractivity (Wildman–Crippen MR) is 82.4 cm³/mol. The number of methoxy groups -OCH3 is 1. The largest absolute Gasteiger partial charge is 0.497 e. The van der Waals surface area contributed by atoms with E-state index in [1.54, 1.807) is 7.11 Å². The summed E-state index contributed by atoms with van der Waals surface area (Å²) in [5.74, 6) is 2.41. The van der Waals surface area contributed by atoms with Crippen molar-refractivity contribution >= 4 is 0 Å². The Morgan fingerprint density at radius 2 is 1.86 bits per heavy atom. The molecule has 4 unspecified atom stereocenters. The van der Waals surface area contributed by atoms with E-state index in [-0.39, 0.29) is 6.10 Å². The molecule has 2 heteroatoms. The van der Waals surface area contributed by atoms with Crippen molar-refractivity contribution in [1.82, 2.24) is 0 Å². The highest BCUT2D eigenvalue weighted by molar-refractivity contribution is 5.41. The molecule has 2 aliphatic carbocycles. The van der Waals surface area contributed by atoms with Crippen LogP contribution in [0.4, 0.5) is 0 Å². The first-order valence-corrected chi connectivity index (χ1v) is 7.69. The third-order valence-electron chi connectivity index (χ3n) is 5.21. The van der Waals surface area contributed by atoms with Gasteiger partial charge >= 0.3 is 0 Å². The lowest BCUT2D eigenvalue weighted by molar-refractivity contribution is 0.145. The molecule has 2 aliphatic rings. The number of aliphatic hydroxyl groups is 1. The zero-order chi connectivity index (χ0) is 14.4. The predicted octanol–water partition coefficient (Wildman–Crippen LogP) is 3.70. The van der Waals surface area contributed by atoms with Crippen LogP contribution in [0.1, 0.15) is 35.1 Å². The minimum absolute atomic E-state index is 0.364. The van der Waals surface area contributed by atoms with Gasteiger partial charge in [0.25, 0.3) is 0 Å². The number of hydrogen-bond donors (Lipinski definition) is 1. The van der Waals surface area contributed by atoms with E-state index in [4.69, 9.17) is 4.74 Å². The van der Waals surface area contributed by atoms with Gasteiger partial charge in [0, 0.05) is 0 Å². The van der Waals surface area contributed by atoms with Gasteiger partial charge in [0.15, 0.2) is 0 Å². The summed E-state index contributed by atoms with van der Waals surface area (Å²) in [6.45, 7) is 0. The molecule has 1 saturated carbocycles. The van der Waals surface area contributed by atoms with Crippen LogP contribution in [0.5, 0.6) is 5.75 Å². The van der Waals surface area contributed by atoms with Gasteiger partial charge in [-0.2, -0.15) is 0 Å². The van der Waals surface area contributed by atoms with Gasteiger partial charge in [-0.1, -0.05) is 36.4 Å². The molecule has 0 aromatic heterocycles. The molecule has 2 nitrogen and oxygen atoms in total. The van der Waals surface area contributed by atoms with E-state index in [1.165, 1.54) is 17.5 Å². The summed E-state index contributed by atoms with van der Waals surface area (Å²) in [4.78, 5) is 0. The highest BCUT2D eigenvalue weighted by atomic mass is 16.5. The number of rotatable bonds is 3. The first-order valence-electron chi connectivity index (χ1n) is 7.69. The van der Waals surface area contributed by atoms with Crippen LogP contribution in [0.2, 0.25) is 0 Å². The summed E-state index contributed by atoms with van der Waals surface area (Å²) in [5, 5.41) is 10.7. The Labute approximate surface area is 125 Å². The normalized spacial score (nSPS) is 27.4. The Bertz CT molecular complexity index is 647. The van der Waals surface area contributed by atoms with Gasteiger partial charge in [-0.3, -0.25) is 0 Å². The van der Waals surface area contributed by atoms with E-state index < -0.39 is 0 Å². The number of aliphatic hydroxyl groups excluding tert-OH is 1. The van der Waals surface area contributed by atoms with Crippen LogP contribution in [-0.2, 0) is 6.42 Å². The third-order valence-corrected chi connectivity index (χ3v) is 5.21. The van der Waals surface area contributed by atoms with E-state index in [0.29, 0.717) is 17.8 Å². The molecule has 2 aromatic rings. The van der Waals surface area contributed by atoms with Crippen LogP contribution in [0.3, 0.4) is 0 Å². The average molecular weight is 280 g/mol. The van der Waals surface area contributed by atoms with Crippen molar-refractivity contribution in [3.05, 3.63) is 65.2 Å². The first-order chi connectivity index (χ1) is 10.3. The third kappa shape index (κ3) is 2.06. The standard InChI is InChI=1S/C19H20O2/c1-21-14-9-6-13(7-10-14)19(20)18-16-11-8-12-4-2-3-5-15(12)17(16)18/h2-7,9-10,16-20H,8,11H2,1H3. The second-order valence-electron chi connectivity index (χ2n) is 6.22.